The SMILES string of the molecule is CSc1ncc2c(n1)N(C1CC1)C(=O)NC2. The summed E-state index contributed by atoms with van der Waals surface area (Å²) in [5.41, 5.74) is 1.00. The highest BCUT2D eigenvalue weighted by Gasteiger charge is 2.38. The van der Waals surface area contributed by atoms with Crippen LogP contribution in [0, 0.1) is 0 Å². The number of thioether (sulfide) groups is 1. The van der Waals surface area contributed by atoms with Gasteiger partial charge in [0.25, 0.3) is 0 Å². The fraction of sp³-hybridized carbons (Fsp3) is 0.500. The summed E-state index contributed by atoms with van der Waals surface area (Å²) in [6.07, 6.45) is 5.89. The molecule has 16 heavy (non-hydrogen) atoms. The second kappa shape index (κ2) is 3.62. The van der Waals surface area contributed by atoms with E-state index in [2.05, 4.69) is 15.3 Å². The maximum atomic E-state index is 11.8. The molecule has 2 aliphatic rings. The predicted molar refractivity (Wildman–Crippen MR) is 61.5 cm³/mol. The lowest BCUT2D eigenvalue weighted by Gasteiger charge is -2.28. The van der Waals surface area contributed by atoms with Gasteiger partial charge in [0, 0.05) is 24.3 Å². The molecule has 0 saturated heterocycles. The number of hydrogen-bond donors (Lipinski definition) is 1. The van der Waals surface area contributed by atoms with E-state index in [0.29, 0.717) is 12.6 Å². The van der Waals surface area contributed by atoms with Crippen LogP contribution in [0.4, 0.5) is 10.6 Å². The fourth-order valence-electron chi connectivity index (χ4n) is 1.84. The molecule has 1 aliphatic heterocycles. The van der Waals surface area contributed by atoms with Gasteiger partial charge in [0.1, 0.15) is 5.82 Å². The molecule has 0 unspecified atom stereocenters. The third-order valence-electron chi connectivity index (χ3n) is 2.79. The maximum Gasteiger partial charge on any atom is 0.323 e. The van der Waals surface area contributed by atoms with Crippen LogP contribution >= 0.6 is 11.8 Å². The Kier molecular flexibility index (Phi) is 2.24. The van der Waals surface area contributed by atoms with Crippen LogP contribution in [-0.4, -0.2) is 28.3 Å². The van der Waals surface area contributed by atoms with Crippen LogP contribution in [0.2, 0.25) is 0 Å². The number of nitrogens with zero attached hydrogens (tertiary/aromatic N) is 3. The van der Waals surface area contributed by atoms with Gasteiger partial charge in [0.2, 0.25) is 0 Å². The summed E-state index contributed by atoms with van der Waals surface area (Å²) < 4.78 is 0. The molecule has 1 aromatic rings. The standard InChI is InChI=1S/C10H12N4OS/c1-16-9-11-4-6-5-12-10(15)14(7-2-3-7)8(6)13-9/h4,7H,2-3,5H2,1H3,(H,12,15). The molecular formula is C10H12N4OS. The van der Waals surface area contributed by atoms with Crippen molar-refractivity contribution in [2.24, 2.45) is 0 Å². The Morgan fingerprint density at radius 3 is 3.06 bits per heavy atom. The molecule has 0 radical (unpaired) electrons. The van der Waals surface area contributed by atoms with E-state index in [4.69, 9.17) is 0 Å². The van der Waals surface area contributed by atoms with Gasteiger partial charge in [-0.2, -0.15) is 0 Å². The van der Waals surface area contributed by atoms with Gasteiger partial charge in [0.05, 0.1) is 0 Å². The van der Waals surface area contributed by atoms with E-state index in [1.807, 2.05) is 12.5 Å². The van der Waals surface area contributed by atoms with Crippen LogP contribution in [-0.2, 0) is 6.54 Å². The van der Waals surface area contributed by atoms with Crippen LogP contribution < -0.4 is 10.2 Å². The Morgan fingerprint density at radius 1 is 1.56 bits per heavy atom. The average Bonchev–Trinajstić information content (AvgIpc) is 3.12. The fourth-order valence-corrected chi connectivity index (χ4v) is 2.17. The zero-order valence-corrected chi connectivity index (χ0v) is 9.75. The molecular weight excluding hydrogens is 224 g/mol. The number of nitrogens with one attached hydrogen (secondary N) is 1. The molecule has 2 amide bonds. The molecule has 0 spiro atoms. The number of fused-ring (bicyclic) bond motifs is 1. The summed E-state index contributed by atoms with van der Waals surface area (Å²) in [6, 6.07) is 0.310. The van der Waals surface area contributed by atoms with Gasteiger partial charge in [-0.1, -0.05) is 11.8 Å². The molecule has 0 bridgehead atoms. The van der Waals surface area contributed by atoms with Crippen molar-refractivity contribution < 1.29 is 4.79 Å². The monoisotopic (exact) mass is 236 g/mol. The minimum Gasteiger partial charge on any atom is -0.333 e. The Hall–Kier alpha value is -1.30. The van der Waals surface area contributed by atoms with E-state index in [0.717, 1.165) is 29.4 Å². The lowest BCUT2D eigenvalue weighted by Crippen LogP contribution is -2.46. The molecule has 84 valence electrons. The number of hydrogen-bond acceptors (Lipinski definition) is 4. The van der Waals surface area contributed by atoms with Crippen LogP contribution in [0.3, 0.4) is 0 Å². The number of carbonyl (C=O) groups is 1. The highest BCUT2D eigenvalue weighted by Crippen LogP contribution is 2.34. The average molecular weight is 236 g/mol. The molecule has 1 fully saturated rings. The number of amides is 2. The zero-order chi connectivity index (χ0) is 11.1. The Labute approximate surface area is 97.6 Å². The van der Waals surface area contributed by atoms with Gasteiger partial charge in [-0.25, -0.2) is 14.8 Å². The van der Waals surface area contributed by atoms with E-state index < -0.39 is 0 Å². The van der Waals surface area contributed by atoms with Gasteiger partial charge < -0.3 is 5.32 Å². The van der Waals surface area contributed by atoms with E-state index >= 15 is 0 Å². The van der Waals surface area contributed by atoms with E-state index in [-0.39, 0.29) is 6.03 Å². The normalized spacial score (nSPS) is 19.3. The molecule has 3 rings (SSSR count). The Morgan fingerprint density at radius 2 is 2.38 bits per heavy atom. The second-order valence-electron chi connectivity index (χ2n) is 3.97. The predicted octanol–water partition coefficient (Wildman–Crippen LogP) is 1.39. The van der Waals surface area contributed by atoms with Crippen molar-refractivity contribution in [3.63, 3.8) is 0 Å². The Bertz CT molecular complexity index is 446. The molecule has 2 heterocycles. The van der Waals surface area contributed by atoms with Crippen molar-refractivity contribution >= 4 is 23.6 Å². The number of rotatable bonds is 2. The molecule has 1 N–H and O–H groups in total. The largest absolute Gasteiger partial charge is 0.333 e. The van der Waals surface area contributed by atoms with Crippen molar-refractivity contribution in [2.45, 2.75) is 30.6 Å². The van der Waals surface area contributed by atoms with Gasteiger partial charge >= 0.3 is 6.03 Å². The summed E-state index contributed by atoms with van der Waals surface area (Å²) in [5.74, 6) is 0.797. The summed E-state index contributed by atoms with van der Waals surface area (Å²) >= 11 is 1.50. The van der Waals surface area contributed by atoms with Crippen molar-refractivity contribution in [1.29, 1.82) is 0 Å². The number of anilines is 1. The van der Waals surface area contributed by atoms with Crippen LogP contribution in [0.15, 0.2) is 11.4 Å². The Balaban J connectivity index is 2.05. The van der Waals surface area contributed by atoms with Gasteiger partial charge in [-0.05, 0) is 19.1 Å². The van der Waals surface area contributed by atoms with Gasteiger partial charge in [-0.15, -0.1) is 0 Å². The lowest BCUT2D eigenvalue weighted by molar-refractivity contribution is 0.244. The number of carbonyl (C=O) groups excluding carboxylic acids is 1. The first-order valence-electron chi connectivity index (χ1n) is 5.26. The quantitative estimate of drug-likeness (QED) is 0.622. The first-order valence-corrected chi connectivity index (χ1v) is 6.49. The molecule has 6 heteroatoms. The highest BCUT2D eigenvalue weighted by molar-refractivity contribution is 7.98. The minimum absolute atomic E-state index is 0.0271. The van der Waals surface area contributed by atoms with Crippen LogP contribution in [0.25, 0.3) is 0 Å². The summed E-state index contributed by atoms with van der Waals surface area (Å²) in [7, 11) is 0. The first kappa shape index (κ1) is 9.89. The summed E-state index contributed by atoms with van der Waals surface area (Å²) in [5, 5.41) is 3.57. The van der Waals surface area contributed by atoms with Crippen molar-refractivity contribution in [1.82, 2.24) is 15.3 Å². The highest BCUT2D eigenvalue weighted by atomic mass is 32.2. The molecule has 1 aliphatic carbocycles. The van der Waals surface area contributed by atoms with E-state index in [1.165, 1.54) is 11.8 Å². The van der Waals surface area contributed by atoms with Crippen molar-refractivity contribution in [3.05, 3.63) is 11.8 Å². The summed E-state index contributed by atoms with van der Waals surface area (Å²) in [4.78, 5) is 22.2. The lowest BCUT2D eigenvalue weighted by atomic mass is 10.2. The molecule has 0 atom stereocenters. The van der Waals surface area contributed by atoms with Gasteiger partial charge in [-0.3, -0.25) is 4.90 Å². The maximum absolute atomic E-state index is 11.8. The second-order valence-corrected chi connectivity index (χ2v) is 4.74. The third-order valence-corrected chi connectivity index (χ3v) is 3.35. The molecule has 1 saturated carbocycles. The van der Waals surface area contributed by atoms with Crippen molar-refractivity contribution in [3.8, 4) is 0 Å². The number of aromatic nitrogens is 2. The molecule has 5 nitrogen and oxygen atoms in total. The van der Waals surface area contributed by atoms with E-state index in [9.17, 15) is 4.79 Å². The van der Waals surface area contributed by atoms with E-state index in [1.54, 1.807) is 4.90 Å². The van der Waals surface area contributed by atoms with Gasteiger partial charge in [0.15, 0.2) is 5.16 Å². The van der Waals surface area contributed by atoms with Crippen molar-refractivity contribution in [2.75, 3.05) is 11.2 Å². The van der Waals surface area contributed by atoms with Crippen LogP contribution in [0.5, 0.6) is 0 Å². The summed E-state index contributed by atoms with van der Waals surface area (Å²) in [6.45, 7) is 0.534. The molecule has 0 aromatic carbocycles. The van der Waals surface area contributed by atoms with Crippen LogP contribution in [0.1, 0.15) is 18.4 Å². The minimum atomic E-state index is -0.0271. The topological polar surface area (TPSA) is 58.1 Å². The number of urea groups is 1. The third kappa shape index (κ3) is 1.53. The molecule has 1 aromatic heterocycles. The smallest absolute Gasteiger partial charge is 0.323 e. The first-order chi connectivity index (χ1) is 7.79. The zero-order valence-electron chi connectivity index (χ0n) is 8.93.